The lowest BCUT2D eigenvalue weighted by Gasteiger charge is -2.30. The summed E-state index contributed by atoms with van der Waals surface area (Å²) >= 11 is 0. The van der Waals surface area contributed by atoms with E-state index in [0.717, 1.165) is 24.8 Å². The molecule has 0 radical (unpaired) electrons. The number of rotatable bonds is 8. The van der Waals surface area contributed by atoms with E-state index in [1.165, 1.54) is 9.71 Å². The standard InChI is InChI=1S/C23H28N2O4S/c1-29-22-9-5-8-21(18-22)24-23(26)11-10-20-12-15-25(16-13-20)30(27,28)17-14-19-6-3-2-4-7-19/h2-9,14,17-18,20H,10-13,15-16H2,1H3,(H,24,26)/b17-14+. The number of hydrogen-bond donors (Lipinski definition) is 1. The van der Waals surface area contributed by atoms with E-state index in [9.17, 15) is 13.2 Å². The van der Waals surface area contributed by atoms with Gasteiger partial charge in [0.15, 0.2) is 0 Å². The average Bonchev–Trinajstić information content (AvgIpc) is 2.77. The first-order valence-electron chi connectivity index (χ1n) is 10.1. The molecule has 1 heterocycles. The molecular weight excluding hydrogens is 400 g/mol. The molecule has 6 nitrogen and oxygen atoms in total. The molecule has 0 saturated carbocycles. The maximum Gasteiger partial charge on any atom is 0.236 e. The summed E-state index contributed by atoms with van der Waals surface area (Å²) in [4.78, 5) is 12.2. The Hall–Kier alpha value is -2.64. The van der Waals surface area contributed by atoms with Gasteiger partial charge in [-0.05, 0) is 49.0 Å². The van der Waals surface area contributed by atoms with Crippen molar-refractivity contribution in [3.63, 3.8) is 0 Å². The van der Waals surface area contributed by atoms with Crippen molar-refractivity contribution in [3.05, 3.63) is 65.6 Å². The number of ether oxygens (including phenoxy) is 1. The zero-order valence-electron chi connectivity index (χ0n) is 17.2. The van der Waals surface area contributed by atoms with E-state index in [0.29, 0.717) is 36.9 Å². The van der Waals surface area contributed by atoms with E-state index < -0.39 is 10.0 Å². The van der Waals surface area contributed by atoms with E-state index in [2.05, 4.69) is 5.32 Å². The van der Waals surface area contributed by atoms with Crippen LogP contribution in [0.15, 0.2) is 60.0 Å². The summed E-state index contributed by atoms with van der Waals surface area (Å²) in [7, 11) is -1.83. The number of anilines is 1. The van der Waals surface area contributed by atoms with Crippen molar-refractivity contribution in [2.75, 3.05) is 25.5 Å². The van der Waals surface area contributed by atoms with Crippen LogP contribution in [0.1, 0.15) is 31.2 Å². The monoisotopic (exact) mass is 428 g/mol. The van der Waals surface area contributed by atoms with Crippen molar-refractivity contribution in [3.8, 4) is 5.75 Å². The van der Waals surface area contributed by atoms with Gasteiger partial charge in [-0.1, -0.05) is 36.4 Å². The Labute approximate surface area is 178 Å². The average molecular weight is 429 g/mol. The van der Waals surface area contributed by atoms with E-state index in [1.807, 2.05) is 48.5 Å². The molecule has 1 aliphatic heterocycles. The van der Waals surface area contributed by atoms with Crippen LogP contribution in [0, 0.1) is 5.92 Å². The predicted molar refractivity (Wildman–Crippen MR) is 120 cm³/mol. The highest BCUT2D eigenvalue weighted by molar-refractivity contribution is 7.92. The Bertz CT molecular complexity index is 966. The minimum absolute atomic E-state index is 0.0379. The number of methoxy groups -OCH3 is 1. The molecule has 1 aliphatic rings. The van der Waals surface area contributed by atoms with Crippen LogP contribution in [0.3, 0.4) is 0 Å². The molecule has 30 heavy (non-hydrogen) atoms. The Balaban J connectivity index is 1.43. The lowest BCUT2D eigenvalue weighted by Crippen LogP contribution is -2.37. The zero-order valence-corrected chi connectivity index (χ0v) is 18.0. The van der Waals surface area contributed by atoms with Crippen LogP contribution in [0.2, 0.25) is 0 Å². The van der Waals surface area contributed by atoms with E-state index >= 15 is 0 Å². The van der Waals surface area contributed by atoms with Crippen LogP contribution in [-0.2, 0) is 14.8 Å². The van der Waals surface area contributed by atoms with Gasteiger partial charge < -0.3 is 10.1 Å². The quantitative estimate of drug-likeness (QED) is 0.686. The van der Waals surface area contributed by atoms with Gasteiger partial charge in [-0.2, -0.15) is 4.31 Å². The van der Waals surface area contributed by atoms with Crippen LogP contribution in [0.25, 0.3) is 6.08 Å². The fourth-order valence-corrected chi connectivity index (χ4v) is 4.75. The SMILES string of the molecule is COc1cccc(NC(=O)CCC2CCN(S(=O)(=O)/C=C/c3ccccc3)CC2)c1. The van der Waals surface area contributed by atoms with Crippen LogP contribution in [0.5, 0.6) is 5.75 Å². The van der Waals surface area contributed by atoms with Gasteiger partial charge in [0.2, 0.25) is 15.9 Å². The number of sulfonamides is 1. The molecule has 1 fully saturated rings. The third kappa shape index (κ3) is 6.43. The fourth-order valence-electron chi connectivity index (χ4n) is 3.53. The number of piperidine rings is 1. The molecule has 0 atom stereocenters. The normalized spacial score (nSPS) is 15.9. The summed E-state index contributed by atoms with van der Waals surface area (Å²) in [6, 6.07) is 16.7. The largest absolute Gasteiger partial charge is 0.497 e. The second-order valence-corrected chi connectivity index (χ2v) is 9.24. The van der Waals surface area contributed by atoms with Gasteiger partial charge in [0.05, 0.1) is 7.11 Å². The lowest BCUT2D eigenvalue weighted by molar-refractivity contribution is -0.116. The van der Waals surface area contributed by atoms with Gasteiger partial charge in [-0.15, -0.1) is 0 Å². The fraction of sp³-hybridized carbons (Fsp3) is 0.348. The first-order chi connectivity index (χ1) is 14.5. The lowest BCUT2D eigenvalue weighted by atomic mass is 9.93. The topological polar surface area (TPSA) is 75.7 Å². The smallest absolute Gasteiger partial charge is 0.236 e. The number of amides is 1. The summed E-state index contributed by atoms with van der Waals surface area (Å²) in [6.45, 7) is 0.979. The molecule has 160 valence electrons. The van der Waals surface area contributed by atoms with Crippen molar-refractivity contribution in [1.82, 2.24) is 4.31 Å². The maximum atomic E-state index is 12.6. The highest BCUT2D eigenvalue weighted by atomic mass is 32.2. The second kappa shape index (κ2) is 10.4. The van der Waals surface area contributed by atoms with Gasteiger partial charge in [0.1, 0.15) is 5.75 Å². The Morgan fingerprint density at radius 1 is 1.13 bits per heavy atom. The summed E-state index contributed by atoms with van der Waals surface area (Å²) < 4.78 is 31.8. The Morgan fingerprint density at radius 2 is 1.87 bits per heavy atom. The summed E-state index contributed by atoms with van der Waals surface area (Å²) in [5, 5.41) is 4.17. The molecule has 3 rings (SSSR count). The Kier molecular flexibility index (Phi) is 7.65. The highest BCUT2D eigenvalue weighted by Crippen LogP contribution is 2.25. The number of benzene rings is 2. The molecular formula is C23H28N2O4S. The Morgan fingerprint density at radius 3 is 2.57 bits per heavy atom. The highest BCUT2D eigenvalue weighted by Gasteiger charge is 2.26. The van der Waals surface area contributed by atoms with Crippen molar-refractivity contribution < 1.29 is 17.9 Å². The van der Waals surface area contributed by atoms with Crippen molar-refractivity contribution in [2.45, 2.75) is 25.7 Å². The first kappa shape index (κ1) is 22.1. The summed E-state index contributed by atoms with van der Waals surface area (Å²) in [6.07, 6.45) is 4.34. The first-order valence-corrected chi connectivity index (χ1v) is 11.6. The minimum atomic E-state index is -3.42. The van der Waals surface area contributed by atoms with Crippen LogP contribution in [0.4, 0.5) is 5.69 Å². The molecule has 2 aromatic rings. The molecule has 7 heteroatoms. The van der Waals surface area contributed by atoms with Crippen molar-refractivity contribution in [1.29, 1.82) is 0 Å². The molecule has 0 aromatic heterocycles. The molecule has 2 aromatic carbocycles. The van der Waals surface area contributed by atoms with Gasteiger partial charge in [0, 0.05) is 36.7 Å². The van der Waals surface area contributed by atoms with Crippen molar-refractivity contribution in [2.24, 2.45) is 5.92 Å². The number of nitrogens with one attached hydrogen (secondary N) is 1. The van der Waals surface area contributed by atoms with Crippen LogP contribution < -0.4 is 10.1 Å². The molecule has 1 saturated heterocycles. The molecule has 1 amide bonds. The van der Waals surface area contributed by atoms with Gasteiger partial charge >= 0.3 is 0 Å². The number of carbonyl (C=O) groups is 1. The third-order valence-corrected chi connectivity index (χ3v) is 6.86. The van der Waals surface area contributed by atoms with Gasteiger partial charge in [-0.3, -0.25) is 4.79 Å². The number of hydrogen-bond acceptors (Lipinski definition) is 4. The molecule has 0 aliphatic carbocycles. The van der Waals surface area contributed by atoms with E-state index in [4.69, 9.17) is 4.74 Å². The van der Waals surface area contributed by atoms with Crippen LogP contribution in [-0.4, -0.2) is 38.8 Å². The third-order valence-electron chi connectivity index (χ3n) is 5.30. The molecule has 0 unspecified atom stereocenters. The van der Waals surface area contributed by atoms with E-state index in [1.54, 1.807) is 19.3 Å². The van der Waals surface area contributed by atoms with Gasteiger partial charge in [-0.25, -0.2) is 8.42 Å². The molecule has 0 spiro atoms. The van der Waals surface area contributed by atoms with E-state index in [-0.39, 0.29) is 5.91 Å². The zero-order chi connectivity index (χ0) is 21.4. The summed E-state index contributed by atoms with van der Waals surface area (Å²) in [5.74, 6) is 1.01. The van der Waals surface area contributed by atoms with Crippen LogP contribution >= 0.6 is 0 Å². The second-order valence-electron chi connectivity index (χ2n) is 7.42. The summed E-state index contributed by atoms with van der Waals surface area (Å²) in [5.41, 5.74) is 1.57. The van der Waals surface area contributed by atoms with Crippen molar-refractivity contribution >= 4 is 27.7 Å². The minimum Gasteiger partial charge on any atom is -0.497 e. The predicted octanol–water partition coefficient (Wildman–Crippen LogP) is 4.13. The number of nitrogens with zero attached hydrogens (tertiary/aromatic N) is 1. The number of carbonyl (C=O) groups excluding carboxylic acids is 1. The maximum absolute atomic E-state index is 12.6. The molecule has 0 bridgehead atoms. The molecule has 1 N–H and O–H groups in total. The van der Waals surface area contributed by atoms with Gasteiger partial charge in [0.25, 0.3) is 0 Å².